The number of ether oxygens (including phenoxy) is 2. The number of nitrogens with one attached hydrogen (secondary N) is 1. The maximum atomic E-state index is 12.8. The first-order valence-corrected chi connectivity index (χ1v) is 12.7. The Hall–Kier alpha value is -2.52. The number of rotatable bonds is 13. The average Bonchev–Trinajstić information content (AvgIpc) is 3.37. The lowest BCUT2D eigenvalue weighted by Gasteiger charge is -2.36. The second-order valence-electron chi connectivity index (χ2n) is 8.96. The number of amides is 1. The molecule has 1 aliphatic heterocycles. The van der Waals surface area contributed by atoms with Crippen molar-refractivity contribution in [3.05, 3.63) is 30.5 Å². The fraction of sp³-hybridized carbons (Fsp3) is 0.680. The zero-order valence-electron chi connectivity index (χ0n) is 21.1. The molecular formula is C25H40N6O3. The topological polar surface area (TPSA) is 94.4 Å². The molecule has 9 heteroatoms. The first-order valence-electron chi connectivity index (χ1n) is 12.7. The number of hydrogen-bond acceptors (Lipinski definition) is 7. The number of nitrogens with zero attached hydrogens (tertiary/aromatic N) is 5. The molecule has 3 heterocycles. The van der Waals surface area contributed by atoms with Gasteiger partial charge in [-0.1, -0.05) is 13.8 Å². The molecule has 1 saturated heterocycles. The largest absolute Gasteiger partial charge is 0.356 e. The van der Waals surface area contributed by atoms with E-state index < -0.39 is 0 Å². The third kappa shape index (κ3) is 7.50. The predicted molar refractivity (Wildman–Crippen MR) is 132 cm³/mol. The van der Waals surface area contributed by atoms with E-state index in [0.29, 0.717) is 32.1 Å². The zero-order chi connectivity index (χ0) is 24.3. The van der Waals surface area contributed by atoms with Crippen LogP contribution < -0.4 is 10.2 Å². The third-order valence-corrected chi connectivity index (χ3v) is 6.03. The minimum Gasteiger partial charge on any atom is -0.356 e. The second-order valence-corrected chi connectivity index (χ2v) is 8.96. The predicted octanol–water partition coefficient (Wildman–Crippen LogP) is 3.83. The Balaban J connectivity index is 1.62. The smallest absolute Gasteiger partial charge is 0.237 e. The summed E-state index contributed by atoms with van der Waals surface area (Å²) in [5.74, 6) is 1.85. The number of imidazole rings is 1. The van der Waals surface area contributed by atoms with Crippen molar-refractivity contribution in [2.45, 2.75) is 84.5 Å². The van der Waals surface area contributed by atoms with Crippen molar-refractivity contribution in [1.29, 1.82) is 0 Å². The van der Waals surface area contributed by atoms with Gasteiger partial charge in [-0.15, -0.1) is 0 Å². The lowest BCUT2D eigenvalue weighted by Crippen LogP contribution is -2.43. The van der Waals surface area contributed by atoms with Crippen LogP contribution in [0.1, 0.15) is 77.8 Å². The van der Waals surface area contributed by atoms with E-state index in [1.807, 2.05) is 24.6 Å². The van der Waals surface area contributed by atoms with E-state index in [0.717, 1.165) is 50.2 Å². The Morgan fingerprint density at radius 3 is 2.68 bits per heavy atom. The normalized spacial score (nSPS) is 16.4. The van der Waals surface area contributed by atoms with Gasteiger partial charge in [-0.3, -0.25) is 9.36 Å². The van der Waals surface area contributed by atoms with Crippen LogP contribution in [-0.4, -0.2) is 64.1 Å². The molecule has 9 nitrogen and oxygen atoms in total. The highest BCUT2D eigenvalue weighted by Crippen LogP contribution is 2.28. The van der Waals surface area contributed by atoms with E-state index in [-0.39, 0.29) is 24.2 Å². The molecule has 1 fully saturated rings. The highest BCUT2D eigenvalue weighted by atomic mass is 16.7. The number of carbonyl (C=O) groups excluding carboxylic acids is 1. The molecule has 1 unspecified atom stereocenters. The van der Waals surface area contributed by atoms with Gasteiger partial charge in [-0.2, -0.15) is 4.98 Å². The van der Waals surface area contributed by atoms with E-state index in [1.165, 1.54) is 0 Å². The molecule has 0 aliphatic carbocycles. The number of hydrogen-bond donors (Lipinski definition) is 1. The van der Waals surface area contributed by atoms with Crippen molar-refractivity contribution in [2.24, 2.45) is 0 Å². The quantitative estimate of drug-likeness (QED) is 0.350. The van der Waals surface area contributed by atoms with E-state index in [4.69, 9.17) is 19.4 Å². The van der Waals surface area contributed by atoms with E-state index in [9.17, 15) is 4.79 Å². The van der Waals surface area contributed by atoms with Crippen LogP contribution >= 0.6 is 0 Å². The molecule has 0 saturated carbocycles. The van der Waals surface area contributed by atoms with Gasteiger partial charge < -0.3 is 19.7 Å². The zero-order valence-corrected chi connectivity index (χ0v) is 21.1. The third-order valence-electron chi connectivity index (χ3n) is 6.03. The van der Waals surface area contributed by atoms with Gasteiger partial charge >= 0.3 is 0 Å². The monoisotopic (exact) mass is 472 g/mol. The van der Waals surface area contributed by atoms with Crippen LogP contribution in [0.15, 0.2) is 24.8 Å². The summed E-state index contributed by atoms with van der Waals surface area (Å²) in [4.78, 5) is 28.8. The summed E-state index contributed by atoms with van der Waals surface area (Å²) in [6.07, 6.45) is 10.3. The van der Waals surface area contributed by atoms with Crippen LogP contribution in [0.25, 0.3) is 5.95 Å². The van der Waals surface area contributed by atoms with Crippen molar-refractivity contribution in [2.75, 3.05) is 31.2 Å². The van der Waals surface area contributed by atoms with Crippen LogP contribution in [-0.2, 0) is 14.3 Å². The van der Waals surface area contributed by atoms with Crippen molar-refractivity contribution >= 4 is 11.7 Å². The SMILES string of the molecule is CCOC(CCCNC(=O)CC1CCCCN1c1cc(C(C)C)nc(-n2ccnc2)n1)OCC. The van der Waals surface area contributed by atoms with Crippen molar-refractivity contribution in [3.63, 3.8) is 0 Å². The summed E-state index contributed by atoms with van der Waals surface area (Å²) in [6.45, 7) is 10.9. The van der Waals surface area contributed by atoms with Crippen LogP contribution in [0.5, 0.6) is 0 Å². The summed E-state index contributed by atoms with van der Waals surface area (Å²) < 4.78 is 13.0. The Morgan fingerprint density at radius 1 is 1.21 bits per heavy atom. The molecule has 1 amide bonds. The molecule has 188 valence electrons. The van der Waals surface area contributed by atoms with Gasteiger partial charge in [0.05, 0.1) is 5.69 Å². The molecule has 1 atom stereocenters. The standard InChI is InChI=1S/C25H40N6O3/c1-5-33-24(34-6-2)11-9-12-27-23(32)16-20-10-7-8-14-31(20)22-17-21(19(3)4)28-25(29-22)30-15-13-26-18-30/h13,15,17-20,24H,5-12,14,16H2,1-4H3,(H,27,32). The van der Waals surface area contributed by atoms with E-state index >= 15 is 0 Å². The molecule has 0 spiro atoms. The molecule has 2 aromatic rings. The fourth-order valence-electron chi connectivity index (χ4n) is 4.26. The molecule has 2 aromatic heterocycles. The van der Waals surface area contributed by atoms with E-state index in [2.05, 4.69) is 35.1 Å². The summed E-state index contributed by atoms with van der Waals surface area (Å²) in [5.41, 5.74) is 0.987. The Morgan fingerprint density at radius 2 is 2.00 bits per heavy atom. The van der Waals surface area contributed by atoms with Crippen LogP contribution in [0.4, 0.5) is 5.82 Å². The van der Waals surface area contributed by atoms with Crippen LogP contribution in [0.2, 0.25) is 0 Å². The van der Waals surface area contributed by atoms with Gasteiger partial charge in [0, 0.05) is 63.6 Å². The number of anilines is 1. The minimum atomic E-state index is -0.196. The molecule has 3 rings (SSSR count). The highest BCUT2D eigenvalue weighted by Gasteiger charge is 2.27. The summed E-state index contributed by atoms with van der Waals surface area (Å²) in [6, 6.07) is 2.20. The Labute approximate surface area is 203 Å². The Kier molecular flexibility index (Phi) is 10.3. The van der Waals surface area contributed by atoms with E-state index in [1.54, 1.807) is 12.5 Å². The number of carbonyl (C=O) groups is 1. The summed E-state index contributed by atoms with van der Waals surface area (Å²) in [5, 5.41) is 3.08. The lowest BCUT2D eigenvalue weighted by atomic mass is 9.98. The summed E-state index contributed by atoms with van der Waals surface area (Å²) in [7, 11) is 0. The van der Waals surface area contributed by atoms with Crippen molar-refractivity contribution in [3.8, 4) is 5.95 Å². The molecule has 0 aromatic carbocycles. The molecule has 0 radical (unpaired) electrons. The average molecular weight is 473 g/mol. The molecule has 1 aliphatic rings. The van der Waals surface area contributed by atoms with Gasteiger partial charge in [0.25, 0.3) is 0 Å². The maximum Gasteiger partial charge on any atom is 0.237 e. The van der Waals surface area contributed by atoms with Gasteiger partial charge in [-0.05, 0) is 45.4 Å². The first-order chi connectivity index (χ1) is 16.5. The molecular weight excluding hydrogens is 432 g/mol. The number of aromatic nitrogens is 4. The second kappa shape index (κ2) is 13.4. The van der Waals surface area contributed by atoms with Gasteiger partial charge in [-0.25, -0.2) is 9.97 Å². The van der Waals surface area contributed by atoms with Crippen molar-refractivity contribution < 1.29 is 14.3 Å². The Bertz CT molecular complexity index is 868. The minimum absolute atomic E-state index is 0.0780. The maximum absolute atomic E-state index is 12.8. The van der Waals surface area contributed by atoms with Gasteiger partial charge in [0.15, 0.2) is 6.29 Å². The van der Waals surface area contributed by atoms with Crippen LogP contribution in [0, 0.1) is 0 Å². The first kappa shape index (κ1) is 26.1. The highest BCUT2D eigenvalue weighted by molar-refractivity contribution is 5.77. The lowest BCUT2D eigenvalue weighted by molar-refractivity contribution is -0.140. The van der Waals surface area contributed by atoms with Gasteiger partial charge in [0.2, 0.25) is 11.9 Å². The summed E-state index contributed by atoms with van der Waals surface area (Å²) >= 11 is 0. The molecule has 1 N–H and O–H groups in total. The van der Waals surface area contributed by atoms with Crippen molar-refractivity contribution in [1.82, 2.24) is 24.8 Å². The molecule has 0 bridgehead atoms. The van der Waals surface area contributed by atoms with Gasteiger partial charge in [0.1, 0.15) is 12.1 Å². The number of piperidine rings is 1. The fourth-order valence-corrected chi connectivity index (χ4v) is 4.26. The van der Waals surface area contributed by atoms with Crippen LogP contribution in [0.3, 0.4) is 0 Å². The molecule has 34 heavy (non-hydrogen) atoms.